The molecule has 0 amide bonds. The van der Waals surface area contributed by atoms with Crippen LogP contribution in [-0.4, -0.2) is 24.6 Å². The van der Waals surface area contributed by atoms with Crippen molar-refractivity contribution in [2.24, 2.45) is 11.3 Å². The van der Waals surface area contributed by atoms with Gasteiger partial charge in [0.2, 0.25) is 0 Å². The van der Waals surface area contributed by atoms with Crippen LogP contribution < -0.4 is 0 Å². The molecule has 1 atom stereocenters. The molecule has 0 radical (unpaired) electrons. The Balaban J connectivity index is 4.69. The summed E-state index contributed by atoms with van der Waals surface area (Å²) in [6.07, 6.45) is 5.60. The molecule has 0 saturated carbocycles. The summed E-state index contributed by atoms with van der Waals surface area (Å²) >= 11 is 0. The van der Waals surface area contributed by atoms with Crippen molar-refractivity contribution in [2.75, 3.05) is 6.61 Å². The van der Waals surface area contributed by atoms with E-state index < -0.39 is 17.4 Å². The molecule has 4 nitrogen and oxygen atoms in total. The van der Waals surface area contributed by atoms with Crippen LogP contribution in [0.15, 0.2) is 0 Å². The van der Waals surface area contributed by atoms with Gasteiger partial charge in [0.05, 0.1) is 12.7 Å². The third-order valence-electron chi connectivity index (χ3n) is 4.33. The average molecular weight is 328 g/mol. The van der Waals surface area contributed by atoms with E-state index in [-0.39, 0.29) is 6.10 Å². The van der Waals surface area contributed by atoms with Crippen LogP contribution in [0.3, 0.4) is 0 Å². The van der Waals surface area contributed by atoms with Crippen LogP contribution in [0.4, 0.5) is 0 Å². The maximum absolute atomic E-state index is 12.6. The van der Waals surface area contributed by atoms with Gasteiger partial charge in [-0.05, 0) is 38.5 Å². The molecular weight excluding hydrogens is 292 g/mol. The first-order valence-corrected chi connectivity index (χ1v) is 9.22. The van der Waals surface area contributed by atoms with Crippen molar-refractivity contribution >= 4 is 11.9 Å². The second-order valence-corrected chi connectivity index (χ2v) is 6.83. The number of carbonyl (C=O) groups excluding carboxylic acids is 2. The number of unbranched alkanes of at least 4 members (excludes halogenated alkanes) is 3. The average Bonchev–Trinajstić information content (AvgIpc) is 2.47. The Kier molecular flexibility index (Phi) is 10.9. The van der Waals surface area contributed by atoms with Crippen LogP contribution in [0.25, 0.3) is 0 Å². The highest BCUT2D eigenvalue weighted by atomic mass is 16.6. The van der Waals surface area contributed by atoms with Crippen molar-refractivity contribution in [1.29, 1.82) is 0 Å². The monoisotopic (exact) mass is 328 g/mol. The molecule has 0 bridgehead atoms. The van der Waals surface area contributed by atoms with Crippen molar-refractivity contribution in [1.82, 2.24) is 0 Å². The molecule has 136 valence electrons. The fourth-order valence-corrected chi connectivity index (χ4v) is 2.75. The maximum Gasteiger partial charge on any atom is 0.323 e. The molecule has 23 heavy (non-hydrogen) atoms. The van der Waals surface area contributed by atoms with Gasteiger partial charge < -0.3 is 9.47 Å². The molecule has 0 aromatic carbocycles. The van der Waals surface area contributed by atoms with E-state index in [1.54, 1.807) is 0 Å². The van der Waals surface area contributed by atoms with Gasteiger partial charge in [0.15, 0.2) is 5.41 Å². The van der Waals surface area contributed by atoms with E-state index in [0.717, 1.165) is 32.1 Å². The van der Waals surface area contributed by atoms with Crippen molar-refractivity contribution in [3.63, 3.8) is 0 Å². The Labute approximate surface area is 142 Å². The first kappa shape index (κ1) is 21.9. The van der Waals surface area contributed by atoms with Crippen LogP contribution in [0.1, 0.15) is 86.5 Å². The Hall–Kier alpha value is -1.06. The van der Waals surface area contributed by atoms with Gasteiger partial charge in [-0.15, -0.1) is 0 Å². The van der Waals surface area contributed by atoms with Crippen molar-refractivity contribution in [2.45, 2.75) is 92.6 Å². The zero-order valence-electron chi connectivity index (χ0n) is 15.9. The lowest BCUT2D eigenvalue weighted by Gasteiger charge is -2.29. The third kappa shape index (κ3) is 7.36. The fraction of sp³-hybridized carbons (Fsp3) is 0.895. The summed E-state index contributed by atoms with van der Waals surface area (Å²) in [4.78, 5) is 25.1. The van der Waals surface area contributed by atoms with Crippen LogP contribution >= 0.6 is 0 Å². The summed E-state index contributed by atoms with van der Waals surface area (Å²) < 4.78 is 10.9. The van der Waals surface area contributed by atoms with E-state index in [9.17, 15) is 9.59 Å². The van der Waals surface area contributed by atoms with Gasteiger partial charge in [-0.2, -0.15) is 0 Å². The highest BCUT2D eigenvalue weighted by Crippen LogP contribution is 2.31. The van der Waals surface area contributed by atoms with E-state index in [1.807, 2.05) is 20.8 Å². The molecule has 0 N–H and O–H groups in total. The largest absolute Gasteiger partial charge is 0.465 e. The van der Waals surface area contributed by atoms with E-state index in [4.69, 9.17) is 9.47 Å². The predicted octanol–water partition coefficient (Wildman–Crippen LogP) is 4.89. The van der Waals surface area contributed by atoms with E-state index in [1.165, 1.54) is 0 Å². The summed E-state index contributed by atoms with van der Waals surface area (Å²) in [6.45, 7) is 12.3. The first-order chi connectivity index (χ1) is 10.8. The number of carbonyl (C=O) groups is 2. The van der Waals surface area contributed by atoms with Crippen molar-refractivity contribution < 1.29 is 19.1 Å². The molecular formula is C19H36O4. The first-order valence-electron chi connectivity index (χ1n) is 9.22. The van der Waals surface area contributed by atoms with Gasteiger partial charge in [-0.3, -0.25) is 9.59 Å². The summed E-state index contributed by atoms with van der Waals surface area (Å²) in [6, 6.07) is 0. The molecule has 4 heteroatoms. The van der Waals surface area contributed by atoms with E-state index in [0.29, 0.717) is 25.4 Å². The summed E-state index contributed by atoms with van der Waals surface area (Å²) in [5.74, 6) is -0.420. The molecule has 0 aromatic heterocycles. The standard InChI is InChI=1S/C19H36O4/c1-7-10-11-12-13-22-17(20)19(8-2,9-3)18(21)23-16(6)14-15(4)5/h15-16H,7-14H2,1-6H3. The molecule has 0 spiro atoms. The van der Waals surface area contributed by atoms with Gasteiger partial charge in [0.25, 0.3) is 0 Å². The minimum atomic E-state index is -1.16. The smallest absolute Gasteiger partial charge is 0.323 e. The van der Waals surface area contributed by atoms with Crippen LogP contribution in [0.5, 0.6) is 0 Å². The van der Waals surface area contributed by atoms with Gasteiger partial charge >= 0.3 is 11.9 Å². The SMILES string of the molecule is CCCCCCOC(=O)C(CC)(CC)C(=O)OC(C)CC(C)C. The Morgan fingerprint density at radius 1 is 0.913 bits per heavy atom. The number of hydrogen-bond acceptors (Lipinski definition) is 4. The molecule has 0 aromatic rings. The summed E-state index contributed by atoms with van der Waals surface area (Å²) in [7, 11) is 0. The molecule has 0 saturated heterocycles. The number of hydrogen-bond donors (Lipinski definition) is 0. The minimum absolute atomic E-state index is 0.183. The van der Waals surface area contributed by atoms with Crippen LogP contribution in [0, 0.1) is 11.3 Å². The molecule has 0 aliphatic carbocycles. The Morgan fingerprint density at radius 2 is 1.52 bits per heavy atom. The van der Waals surface area contributed by atoms with E-state index >= 15 is 0 Å². The molecule has 0 rings (SSSR count). The maximum atomic E-state index is 12.6. The number of rotatable bonds is 12. The normalized spacial score (nSPS) is 13.0. The lowest BCUT2D eigenvalue weighted by molar-refractivity contribution is -0.176. The highest BCUT2D eigenvalue weighted by molar-refractivity contribution is 6.00. The van der Waals surface area contributed by atoms with Crippen molar-refractivity contribution in [3.8, 4) is 0 Å². The second-order valence-electron chi connectivity index (χ2n) is 6.83. The summed E-state index contributed by atoms with van der Waals surface area (Å²) in [5, 5.41) is 0. The van der Waals surface area contributed by atoms with E-state index in [2.05, 4.69) is 20.8 Å². The third-order valence-corrected chi connectivity index (χ3v) is 4.33. The fourth-order valence-electron chi connectivity index (χ4n) is 2.75. The zero-order valence-corrected chi connectivity index (χ0v) is 15.9. The minimum Gasteiger partial charge on any atom is -0.465 e. The second kappa shape index (κ2) is 11.5. The van der Waals surface area contributed by atoms with Crippen molar-refractivity contribution in [3.05, 3.63) is 0 Å². The highest BCUT2D eigenvalue weighted by Gasteiger charge is 2.46. The predicted molar refractivity (Wildman–Crippen MR) is 93.1 cm³/mol. The number of ether oxygens (including phenoxy) is 2. The lowest BCUT2D eigenvalue weighted by Crippen LogP contribution is -2.42. The molecule has 1 unspecified atom stereocenters. The van der Waals surface area contributed by atoms with Gasteiger partial charge in [-0.1, -0.05) is 53.9 Å². The van der Waals surface area contributed by atoms with Gasteiger partial charge in [-0.25, -0.2) is 0 Å². The lowest BCUT2D eigenvalue weighted by atomic mass is 9.82. The molecule has 0 aliphatic rings. The topological polar surface area (TPSA) is 52.6 Å². The Morgan fingerprint density at radius 3 is 2.00 bits per heavy atom. The molecule has 0 fully saturated rings. The van der Waals surface area contributed by atoms with Gasteiger partial charge in [0, 0.05) is 0 Å². The van der Waals surface area contributed by atoms with Crippen LogP contribution in [0.2, 0.25) is 0 Å². The molecule has 0 heterocycles. The Bertz CT molecular complexity index is 345. The quantitative estimate of drug-likeness (QED) is 0.291. The zero-order chi connectivity index (χ0) is 17.9. The molecule has 0 aliphatic heterocycles. The van der Waals surface area contributed by atoms with Gasteiger partial charge in [0.1, 0.15) is 0 Å². The van der Waals surface area contributed by atoms with Crippen LogP contribution in [-0.2, 0) is 19.1 Å². The summed E-state index contributed by atoms with van der Waals surface area (Å²) in [5.41, 5.74) is -1.16. The number of esters is 2.